The van der Waals surface area contributed by atoms with Gasteiger partial charge < -0.3 is 5.11 Å². The SMILES string of the molecule is C=C1CC[C@H]2[C@@H]3CCC4CC(O)CC[C@]4(C)[C@H]3CC[C@]12C. The third kappa shape index (κ3) is 1.85. The molecule has 0 spiro atoms. The lowest BCUT2D eigenvalue weighted by Crippen LogP contribution is -2.53. The van der Waals surface area contributed by atoms with Gasteiger partial charge in [0.15, 0.2) is 0 Å². The summed E-state index contributed by atoms with van der Waals surface area (Å²) in [6.07, 6.45) is 11.6. The zero-order chi connectivity index (χ0) is 14.8. The summed E-state index contributed by atoms with van der Waals surface area (Å²) in [6.45, 7) is 9.52. The minimum Gasteiger partial charge on any atom is -0.393 e. The lowest BCUT2D eigenvalue weighted by molar-refractivity contribution is -0.116. The summed E-state index contributed by atoms with van der Waals surface area (Å²) < 4.78 is 0. The number of rotatable bonds is 0. The largest absolute Gasteiger partial charge is 0.393 e. The third-order valence-electron chi connectivity index (χ3n) is 8.59. The Hall–Kier alpha value is -0.300. The molecule has 118 valence electrons. The van der Waals surface area contributed by atoms with E-state index in [4.69, 9.17) is 0 Å². The molecule has 0 radical (unpaired) electrons. The molecule has 4 saturated carbocycles. The van der Waals surface area contributed by atoms with Crippen molar-refractivity contribution in [2.45, 2.75) is 77.7 Å². The second-order valence-electron chi connectivity index (χ2n) is 9.18. The van der Waals surface area contributed by atoms with Gasteiger partial charge in [-0.2, -0.15) is 0 Å². The first-order chi connectivity index (χ1) is 9.95. The van der Waals surface area contributed by atoms with Gasteiger partial charge in [-0.1, -0.05) is 26.0 Å². The number of hydrogen-bond donors (Lipinski definition) is 1. The molecule has 0 aliphatic heterocycles. The van der Waals surface area contributed by atoms with Crippen LogP contribution in [0.3, 0.4) is 0 Å². The van der Waals surface area contributed by atoms with Crippen LogP contribution in [0, 0.1) is 34.5 Å². The molecule has 4 rings (SSSR count). The average Bonchev–Trinajstić information content (AvgIpc) is 2.76. The molecular weight excluding hydrogens is 256 g/mol. The van der Waals surface area contributed by atoms with Crippen LogP contribution in [0.25, 0.3) is 0 Å². The van der Waals surface area contributed by atoms with E-state index in [-0.39, 0.29) is 6.10 Å². The van der Waals surface area contributed by atoms with Gasteiger partial charge in [-0.25, -0.2) is 0 Å². The highest BCUT2D eigenvalue weighted by molar-refractivity contribution is 5.21. The van der Waals surface area contributed by atoms with Crippen molar-refractivity contribution in [3.63, 3.8) is 0 Å². The Labute approximate surface area is 130 Å². The smallest absolute Gasteiger partial charge is 0.0543 e. The monoisotopic (exact) mass is 288 g/mol. The Bertz CT molecular complexity index is 455. The quantitative estimate of drug-likeness (QED) is 0.626. The molecule has 0 aromatic rings. The molecule has 2 unspecified atom stereocenters. The fraction of sp³-hybridized carbons (Fsp3) is 0.900. The predicted octanol–water partition coefficient (Wildman–Crippen LogP) is 4.95. The Morgan fingerprint density at radius 3 is 2.62 bits per heavy atom. The number of allylic oxidation sites excluding steroid dienone is 1. The molecule has 4 aliphatic carbocycles. The van der Waals surface area contributed by atoms with E-state index in [2.05, 4.69) is 20.4 Å². The molecule has 0 aromatic heterocycles. The topological polar surface area (TPSA) is 20.2 Å². The zero-order valence-corrected chi connectivity index (χ0v) is 13.9. The van der Waals surface area contributed by atoms with Crippen LogP contribution in [0.15, 0.2) is 12.2 Å². The van der Waals surface area contributed by atoms with Gasteiger partial charge >= 0.3 is 0 Å². The highest BCUT2D eigenvalue weighted by Crippen LogP contribution is 2.67. The van der Waals surface area contributed by atoms with Gasteiger partial charge in [0.05, 0.1) is 6.10 Å². The van der Waals surface area contributed by atoms with E-state index in [1.807, 2.05) is 0 Å². The lowest BCUT2D eigenvalue weighted by atomic mass is 9.45. The van der Waals surface area contributed by atoms with Crippen LogP contribution in [-0.4, -0.2) is 11.2 Å². The van der Waals surface area contributed by atoms with Gasteiger partial charge in [-0.3, -0.25) is 0 Å². The molecule has 0 bridgehead atoms. The second-order valence-corrected chi connectivity index (χ2v) is 9.18. The first kappa shape index (κ1) is 14.3. The van der Waals surface area contributed by atoms with Crippen molar-refractivity contribution in [1.82, 2.24) is 0 Å². The van der Waals surface area contributed by atoms with Gasteiger partial charge in [-0.05, 0) is 92.3 Å². The minimum atomic E-state index is -0.0141. The minimum absolute atomic E-state index is 0.0141. The molecule has 0 amide bonds. The molecule has 21 heavy (non-hydrogen) atoms. The van der Waals surface area contributed by atoms with Crippen LogP contribution >= 0.6 is 0 Å². The first-order valence-electron chi connectivity index (χ1n) is 9.31. The number of aliphatic hydroxyl groups excluding tert-OH is 1. The van der Waals surface area contributed by atoms with E-state index < -0.39 is 0 Å². The molecule has 0 saturated heterocycles. The van der Waals surface area contributed by atoms with Gasteiger partial charge in [0.25, 0.3) is 0 Å². The summed E-state index contributed by atoms with van der Waals surface area (Å²) in [4.78, 5) is 0. The summed E-state index contributed by atoms with van der Waals surface area (Å²) in [5, 5.41) is 10.1. The van der Waals surface area contributed by atoms with E-state index >= 15 is 0 Å². The van der Waals surface area contributed by atoms with Crippen LogP contribution in [0.1, 0.15) is 71.6 Å². The Kier molecular flexibility index (Phi) is 3.13. The highest BCUT2D eigenvalue weighted by Gasteiger charge is 2.58. The van der Waals surface area contributed by atoms with Crippen molar-refractivity contribution in [3.8, 4) is 0 Å². The molecule has 1 N–H and O–H groups in total. The van der Waals surface area contributed by atoms with E-state index in [1.54, 1.807) is 5.57 Å². The molecule has 4 aliphatic rings. The maximum atomic E-state index is 10.1. The zero-order valence-electron chi connectivity index (χ0n) is 13.9. The molecule has 4 fully saturated rings. The Morgan fingerprint density at radius 1 is 1.00 bits per heavy atom. The van der Waals surface area contributed by atoms with Gasteiger partial charge in [-0.15, -0.1) is 0 Å². The number of fused-ring (bicyclic) bond motifs is 5. The van der Waals surface area contributed by atoms with Gasteiger partial charge in [0, 0.05) is 0 Å². The molecule has 1 nitrogen and oxygen atoms in total. The molecule has 1 heteroatoms. The van der Waals surface area contributed by atoms with E-state index in [9.17, 15) is 5.11 Å². The maximum Gasteiger partial charge on any atom is 0.0543 e. The van der Waals surface area contributed by atoms with Crippen molar-refractivity contribution in [2.75, 3.05) is 0 Å². The average molecular weight is 288 g/mol. The van der Waals surface area contributed by atoms with E-state index in [1.165, 1.54) is 44.9 Å². The van der Waals surface area contributed by atoms with Crippen LogP contribution in [0.4, 0.5) is 0 Å². The predicted molar refractivity (Wildman–Crippen MR) is 86.9 cm³/mol. The summed E-state index contributed by atoms with van der Waals surface area (Å²) in [5.74, 6) is 3.57. The summed E-state index contributed by atoms with van der Waals surface area (Å²) in [5.41, 5.74) is 2.53. The Balaban J connectivity index is 1.64. The first-order valence-corrected chi connectivity index (χ1v) is 9.31. The lowest BCUT2D eigenvalue weighted by Gasteiger charge is -2.60. The van der Waals surface area contributed by atoms with Crippen molar-refractivity contribution < 1.29 is 5.11 Å². The van der Waals surface area contributed by atoms with Crippen LogP contribution < -0.4 is 0 Å². The van der Waals surface area contributed by atoms with Gasteiger partial charge in [0.2, 0.25) is 0 Å². The van der Waals surface area contributed by atoms with E-state index in [0.29, 0.717) is 10.8 Å². The van der Waals surface area contributed by atoms with Crippen LogP contribution in [0.5, 0.6) is 0 Å². The third-order valence-corrected chi connectivity index (χ3v) is 8.59. The molecule has 0 aromatic carbocycles. The van der Waals surface area contributed by atoms with Gasteiger partial charge in [0.1, 0.15) is 0 Å². The number of aliphatic hydroxyl groups is 1. The summed E-state index contributed by atoms with van der Waals surface area (Å²) >= 11 is 0. The summed E-state index contributed by atoms with van der Waals surface area (Å²) in [6, 6.07) is 0. The normalized spacial score (nSPS) is 56.5. The maximum absolute atomic E-state index is 10.1. The highest BCUT2D eigenvalue weighted by atomic mass is 16.3. The van der Waals surface area contributed by atoms with Crippen molar-refractivity contribution in [3.05, 3.63) is 12.2 Å². The van der Waals surface area contributed by atoms with Crippen LogP contribution in [-0.2, 0) is 0 Å². The number of hydrogen-bond acceptors (Lipinski definition) is 1. The fourth-order valence-corrected chi connectivity index (χ4v) is 7.14. The molecule has 7 atom stereocenters. The van der Waals surface area contributed by atoms with Crippen molar-refractivity contribution in [1.29, 1.82) is 0 Å². The Morgan fingerprint density at radius 2 is 1.81 bits per heavy atom. The molecular formula is C20H32O. The fourth-order valence-electron chi connectivity index (χ4n) is 7.14. The second kappa shape index (κ2) is 4.60. The van der Waals surface area contributed by atoms with Crippen molar-refractivity contribution >= 4 is 0 Å². The standard InChI is InChI=1S/C20H32O/c1-13-4-7-17-16-6-5-14-12-15(21)8-10-20(14,3)18(16)9-11-19(13,17)2/h14-18,21H,1,4-12H2,2-3H3/t14?,15?,16-,17-,18-,19+,20-/m0/s1. The van der Waals surface area contributed by atoms with Crippen LogP contribution in [0.2, 0.25) is 0 Å². The van der Waals surface area contributed by atoms with E-state index in [0.717, 1.165) is 36.5 Å². The van der Waals surface area contributed by atoms with Crippen molar-refractivity contribution in [2.24, 2.45) is 34.5 Å². The summed E-state index contributed by atoms with van der Waals surface area (Å²) in [7, 11) is 0. The molecule has 0 heterocycles.